The molecule has 1 atom stereocenters. The van der Waals surface area contributed by atoms with Crippen molar-refractivity contribution in [2.75, 3.05) is 0 Å². The number of phenols is 1. The number of pyridine rings is 2. The summed E-state index contributed by atoms with van der Waals surface area (Å²) >= 11 is 0. The number of cyclic esters (lactones) is 1. The van der Waals surface area contributed by atoms with Gasteiger partial charge in [-0.25, -0.2) is 9.78 Å². The highest BCUT2D eigenvalue weighted by Crippen LogP contribution is 2.38. The van der Waals surface area contributed by atoms with Crippen molar-refractivity contribution in [1.82, 2.24) is 9.55 Å². The Kier molecular flexibility index (Phi) is 4.78. The molecule has 3 N–H and O–H groups in total. The number of aliphatic carboxylic acids is 1. The molecule has 31 heavy (non-hydrogen) atoms. The van der Waals surface area contributed by atoms with Gasteiger partial charge in [-0.3, -0.25) is 9.59 Å². The van der Waals surface area contributed by atoms with E-state index in [2.05, 4.69) is 4.98 Å². The molecule has 0 fully saturated rings. The standard InChI is InChI=1S/C20H16N2O5.C2H4O2/c1-2-20(26)14-7-16-17-11(5-10-6-12(23)3-4-15(10)21-17)8-22(16)18(24)13(14)9-27-19(20)25;1-2(3)4/h3-7,23,26H,2,8-9H2,1H3;1H3,(H,3,4)/t20-;/m0./s1. The molecule has 160 valence electrons. The first-order chi connectivity index (χ1) is 14.7. The van der Waals surface area contributed by atoms with Gasteiger partial charge in [0.25, 0.3) is 11.5 Å². The Morgan fingerprint density at radius 2 is 1.97 bits per heavy atom. The number of carbonyl (C=O) groups is 2. The summed E-state index contributed by atoms with van der Waals surface area (Å²) in [6.07, 6.45) is 0.110. The van der Waals surface area contributed by atoms with Crippen molar-refractivity contribution in [3.63, 3.8) is 0 Å². The van der Waals surface area contributed by atoms with Crippen molar-refractivity contribution in [3.05, 3.63) is 57.4 Å². The molecular formula is C22H20N2O7. The maximum absolute atomic E-state index is 13.0. The molecule has 0 aliphatic carbocycles. The summed E-state index contributed by atoms with van der Waals surface area (Å²) in [5.41, 5.74) is 1.25. The first-order valence-electron chi connectivity index (χ1n) is 9.65. The summed E-state index contributed by atoms with van der Waals surface area (Å²) < 4.78 is 6.65. The Morgan fingerprint density at radius 3 is 2.65 bits per heavy atom. The van der Waals surface area contributed by atoms with Gasteiger partial charge in [-0.2, -0.15) is 0 Å². The third kappa shape index (κ3) is 3.23. The normalized spacial score (nSPS) is 18.4. The highest BCUT2D eigenvalue weighted by molar-refractivity contribution is 5.86. The van der Waals surface area contributed by atoms with Crippen molar-refractivity contribution in [2.24, 2.45) is 0 Å². The van der Waals surface area contributed by atoms with Gasteiger partial charge in [0.05, 0.1) is 29.0 Å². The molecule has 9 nitrogen and oxygen atoms in total. The lowest BCUT2D eigenvalue weighted by Gasteiger charge is -2.31. The van der Waals surface area contributed by atoms with Crippen LogP contribution in [0.25, 0.3) is 22.3 Å². The summed E-state index contributed by atoms with van der Waals surface area (Å²) in [5, 5.41) is 28.7. The van der Waals surface area contributed by atoms with Gasteiger partial charge in [0, 0.05) is 23.4 Å². The molecule has 2 aliphatic rings. The molecule has 2 aliphatic heterocycles. The minimum Gasteiger partial charge on any atom is -0.508 e. The summed E-state index contributed by atoms with van der Waals surface area (Å²) in [4.78, 5) is 38.8. The van der Waals surface area contributed by atoms with E-state index in [0.29, 0.717) is 34.6 Å². The second kappa shape index (κ2) is 7.21. The predicted octanol–water partition coefficient (Wildman–Crippen LogP) is 1.88. The van der Waals surface area contributed by atoms with E-state index < -0.39 is 17.5 Å². The first-order valence-corrected chi connectivity index (χ1v) is 9.65. The first kappa shape index (κ1) is 20.5. The van der Waals surface area contributed by atoms with Gasteiger partial charge in [0.15, 0.2) is 5.60 Å². The van der Waals surface area contributed by atoms with E-state index in [9.17, 15) is 19.8 Å². The number of phenolic OH excluding ortho intramolecular Hbond substituents is 1. The number of carboxylic acid groups (broad SMARTS) is 1. The van der Waals surface area contributed by atoms with E-state index in [0.717, 1.165) is 17.9 Å². The summed E-state index contributed by atoms with van der Waals surface area (Å²) in [7, 11) is 0. The van der Waals surface area contributed by atoms with Crippen LogP contribution < -0.4 is 5.56 Å². The number of fused-ring (bicyclic) bond motifs is 5. The van der Waals surface area contributed by atoms with Crippen LogP contribution in [0.4, 0.5) is 0 Å². The number of benzene rings is 1. The lowest BCUT2D eigenvalue weighted by atomic mass is 9.86. The molecule has 4 heterocycles. The number of hydrogen-bond donors (Lipinski definition) is 3. The van der Waals surface area contributed by atoms with Crippen LogP contribution in [0.3, 0.4) is 0 Å². The van der Waals surface area contributed by atoms with Crippen molar-refractivity contribution in [1.29, 1.82) is 0 Å². The van der Waals surface area contributed by atoms with Crippen LogP contribution in [-0.2, 0) is 33.1 Å². The molecule has 5 rings (SSSR count). The molecule has 0 saturated carbocycles. The number of aliphatic hydroxyl groups is 1. The highest BCUT2D eigenvalue weighted by Gasteiger charge is 2.45. The maximum Gasteiger partial charge on any atom is 0.343 e. The van der Waals surface area contributed by atoms with Gasteiger partial charge >= 0.3 is 5.97 Å². The van der Waals surface area contributed by atoms with Crippen LogP contribution in [0, 0.1) is 0 Å². The van der Waals surface area contributed by atoms with Crippen LogP contribution >= 0.6 is 0 Å². The molecular weight excluding hydrogens is 404 g/mol. The van der Waals surface area contributed by atoms with E-state index in [1.165, 1.54) is 0 Å². The Hall–Kier alpha value is -3.72. The fourth-order valence-corrected chi connectivity index (χ4v) is 3.97. The van der Waals surface area contributed by atoms with Gasteiger partial charge in [-0.1, -0.05) is 6.92 Å². The number of nitrogens with zero attached hydrogens (tertiary/aromatic N) is 2. The average Bonchev–Trinajstić information content (AvgIpc) is 3.07. The number of carbonyl (C=O) groups excluding carboxylic acids is 1. The quantitative estimate of drug-likeness (QED) is 0.394. The fraction of sp³-hybridized carbons (Fsp3) is 0.273. The second-order valence-corrected chi connectivity index (χ2v) is 7.50. The Balaban J connectivity index is 0.000000535. The molecule has 0 saturated heterocycles. The molecule has 0 radical (unpaired) electrons. The zero-order chi connectivity index (χ0) is 22.5. The zero-order valence-corrected chi connectivity index (χ0v) is 16.9. The third-order valence-corrected chi connectivity index (χ3v) is 5.49. The van der Waals surface area contributed by atoms with Gasteiger partial charge in [-0.05, 0) is 36.8 Å². The minimum absolute atomic E-state index is 0.110. The van der Waals surface area contributed by atoms with Crippen molar-refractivity contribution >= 4 is 22.8 Å². The monoisotopic (exact) mass is 424 g/mol. The molecule has 9 heteroatoms. The maximum atomic E-state index is 13.0. The molecule has 1 aromatic carbocycles. The molecule has 0 amide bonds. The Morgan fingerprint density at radius 1 is 1.26 bits per heavy atom. The van der Waals surface area contributed by atoms with Gasteiger partial charge in [0.1, 0.15) is 12.4 Å². The van der Waals surface area contributed by atoms with E-state index in [-0.39, 0.29) is 24.3 Å². The molecule has 0 bridgehead atoms. The van der Waals surface area contributed by atoms with E-state index in [1.54, 1.807) is 35.8 Å². The topological polar surface area (TPSA) is 139 Å². The smallest absolute Gasteiger partial charge is 0.343 e. The van der Waals surface area contributed by atoms with E-state index in [4.69, 9.17) is 14.6 Å². The summed E-state index contributed by atoms with van der Waals surface area (Å²) in [5.74, 6) is -1.42. The Labute approximate surface area is 176 Å². The zero-order valence-electron chi connectivity index (χ0n) is 16.9. The van der Waals surface area contributed by atoms with Crippen LogP contribution in [0.2, 0.25) is 0 Å². The number of rotatable bonds is 1. The highest BCUT2D eigenvalue weighted by atomic mass is 16.6. The SMILES string of the molecule is CC(=O)O.CC[C@@]1(O)C(=O)OCc2c1cc1n(c2=O)Cc2cc3cc(O)ccc3nc2-1. The summed E-state index contributed by atoms with van der Waals surface area (Å²) in [6.45, 7) is 2.95. The van der Waals surface area contributed by atoms with Crippen molar-refractivity contribution < 1.29 is 29.6 Å². The van der Waals surface area contributed by atoms with E-state index >= 15 is 0 Å². The number of ether oxygens (including phenoxy) is 1. The average molecular weight is 424 g/mol. The van der Waals surface area contributed by atoms with Crippen molar-refractivity contribution in [2.45, 2.75) is 39.0 Å². The number of hydrogen-bond acceptors (Lipinski definition) is 7. The molecule has 3 aromatic rings. The molecule has 0 unspecified atom stereocenters. The molecule has 2 aromatic heterocycles. The van der Waals surface area contributed by atoms with Gasteiger partial charge < -0.3 is 24.6 Å². The largest absolute Gasteiger partial charge is 0.508 e. The lowest BCUT2D eigenvalue weighted by Crippen LogP contribution is -2.44. The number of aromatic hydroxyl groups is 1. The number of esters is 1. The fourth-order valence-electron chi connectivity index (χ4n) is 3.97. The van der Waals surface area contributed by atoms with Crippen molar-refractivity contribution in [3.8, 4) is 17.1 Å². The lowest BCUT2D eigenvalue weighted by molar-refractivity contribution is -0.172. The van der Waals surface area contributed by atoms with Crippen LogP contribution in [0.1, 0.15) is 37.0 Å². The minimum atomic E-state index is -1.83. The second-order valence-electron chi connectivity index (χ2n) is 7.50. The van der Waals surface area contributed by atoms with Gasteiger partial charge in [0.2, 0.25) is 0 Å². The summed E-state index contributed by atoms with van der Waals surface area (Å²) in [6, 6.07) is 8.48. The van der Waals surface area contributed by atoms with Gasteiger partial charge in [-0.15, -0.1) is 0 Å². The van der Waals surface area contributed by atoms with E-state index in [1.807, 2.05) is 6.07 Å². The van der Waals surface area contributed by atoms with Crippen LogP contribution in [0.15, 0.2) is 35.1 Å². The number of aromatic nitrogens is 2. The predicted molar refractivity (Wildman–Crippen MR) is 109 cm³/mol. The number of carboxylic acids is 1. The third-order valence-electron chi connectivity index (χ3n) is 5.49. The van der Waals surface area contributed by atoms with Crippen LogP contribution in [-0.4, -0.2) is 36.8 Å². The molecule has 0 spiro atoms. The van der Waals surface area contributed by atoms with Crippen LogP contribution in [0.5, 0.6) is 5.75 Å². The Bertz CT molecular complexity index is 1310.